The molecule has 3 rings (SSSR count). The molecule has 2 N–H and O–H groups in total. The van der Waals surface area contributed by atoms with Crippen molar-refractivity contribution in [2.45, 2.75) is 19.3 Å². The van der Waals surface area contributed by atoms with Gasteiger partial charge in [-0.25, -0.2) is 0 Å². The highest BCUT2D eigenvalue weighted by molar-refractivity contribution is 6.30. The van der Waals surface area contributed by atoms with Crippen LogP contribution in [0.2, 0.25) is 5.02 Å². The number of piperazine rings is 1. The van der Waals surface area contributed by atoms with Crippen LogP contribution in [0.25, 0.3) is 0 Å². The summed E-state index contributed by atoms with van der Waals surface area (Å²) in [5.74, 6) is 0.701. The highest BCUT2D eigenvalue weighted by Gasteiger charge is 2.18. The maximum absolute atomic E-state index is 6.17. The van der Waals surface area contributed by atoms with Gasteiger partial charge in [0.25, 0.3) is 0 Å². The Morgan fingerprint density at radius 1 is 1.00 bits per heavy atom. The molecule has 2 saturated heterocycles. The van der Waals surface area contributed by atoms with E-state index in [1.165, 1.54) is 31.6 Å². The molecule has 0 radical (unpaired) electrons. The van der Waals surface area contributed by atoms with Gasteiger partial charge in [-0.2, -0.15) is 0 Å². The normalized spacial score (nSPS) is 20.0. The van der Waals surface area contributed by atoms with Crippen LogP contribution in [0, 0.1) is 0 Å². The number of anilines is 1. The number of hydrogen-bond donors (Lipinski definition) is 1. The van der Waals surface area contributed by atoms with E-state index in [1.54, 1.807) is 0 Å². The summed E-state index contributed by atoms with van der Waals surface area (Å²) in [7, 11) is 0. The van der Waals surface area contributed by atoms with Gasteiger partial charge in [-0.1, -0.05) is 11.6 Å². The van der Waals surface area contributed by atoms with E-state index >= 15 is 0 Å². The van der Waals surface area contributed by atoms with Gasteiger partial charge in [-0.3, -0.25) is 4.99 Å². The predicted octanol–water partition coefficient (Wildman–Crippen LogP) is 2.26. The molecule has 1 aromatic carbocycles. The van der Waals surface area contributed by atoms with Crippen molar-refractivity contribution >= 4 is 23.2 Å². The number of aliphatic imine (C=N–C) groups is 1. The fourth-order valence-corrected chi connectivity index (χ4v) is 3.57. The van der Waals surface area contributed by atoms with Crippen LogP contribution < -0.4 is 10.6 Å². The van der Waals surface area contributed by atoms with Crippen molar-refractivity contribution in [2.75, 3.05) is 57.3 Å². The minimum absolute atomic E-state index is 0.701. The summed E-state index contributed by atoms with van der Waals surface area (Å²) >= 11 is 5.96. The van der Waals surface area contributed by atoms with Crippen LogP contribution in [-0.2, 0) is 0 Å². The number of nitrogens with zero attached hydrogens (tertiary/aromatic N) is 4. The highest BCUT2D eigenvalue weighted by atomic mass is 35.5. The molecule has 2 heterocycles. The maximum atomic E-state index is 6.17. The number of likely N-dealkylation sites (tertiary alicyclic amines) is 1. The second kappa shape index (κ2) is 8.58. The van der Waals surface area contributed by atoms with Crippen LogP contribution in [0.4, 0.5) is 5.69 Å². The van der Waals surface area contributed by atoms with Crippen LogP contribution in [0.3, 0.4) is 0 Å². The van der Waals surface area contributed by atoms with E-state index < -0.39 is 0 Å². The molecule has 132 valence electrons. The summed E-state index contributed by atoms with van der Waals surface area (Å²) in [6.45, 7) is 8.27. The molecule has 1 aromatic rings. The average Bonchev–Trinajstić information content (AvgIpc) is 3.13. The quantitative estimate of drug-likeness (QED) is 0.503. The number of hydrogen-bond acceptors (Lipinski definition) is 3. The molecule has 6 heteroatoms. The standard InChI is InChI=1S/C18H28ClN5/c19-16-4-6-17(7-5-16)23-12-14-24(15-13-23)18(20)21-8-3-11-22-9-1-2-10-22/h4-7H,1-3,8-15H2,(H2,20,21). The van der Waals surface area contributed by atoms with Gasteiger partial charge in [-0.05, 0) is 63.2 Å². The van der Waals surface area contributed by atoms with E-state index in [4.69, 9.17) is 17.3 Å². The molecule has 0 amide bonds. The smallest absolute Gasteiger partial charge is 0.191 e. The molecule has 2 aliphatic heterocycles. The molecule has 0 unspecified atom stereocenters. The fourth-order valence-electron chi connectivity index (χ4n) is 3.44. The third-order valence-corrected chi connectivity index (χ3v) is 5.15. The first-order valence-corrected chi connectivity index (χ1v) is 9.38. The predicted molar refractivity (Wildman–Crippen MR) is 102 cm³/mol. The van der Waals surface area contributed by atoms with Gasteiger partial charge in [0.05, 0.1) is 0 Å². The average molecular weight is 350 g/mol. The molecular formula is C18H28ClN5. The van der Waals surface area contributed by atoms with Crippen molar-refractivity contribution in [3.05, 3.63) is 29.3 Å². The van der Waals surface area contributed by atoms with Gasteiger partial charge in [0.15, 0.2) is 5.96 Å². The van der Waals surface area contributed by atoms with Crippen LogP contribution in [0.5, 0.6) is 0 Å². The van der Waals surface area contributed by atoms with Gasteiger partial charge in [0.1, 0.15) is 0 Å². The summed E-state index contributed by atoms with van der Waals surface area (Å²) in [6, 6.07) is 8.04. The largest absolute Gasteiger partial charge is 0.370 e. The lowest BCUT2D eigenvalue weighted by Crippen LogP contribution is -2.51. The first-order chi connectivity index (χ1) is 11.7. The Kier molecular flexibility index (Phi) is 6.21. The van der Waals surface area contributed by atoms with Gasteiger partial charge < -0.3 is 20.4 Å². The maximum Gasteiger partial charge on any atom is 0.191 e. The Labute approximate surface area is 150 Å². The summed E-state index contributed by atoms with van der Waals surface area (Å²) < 4.78 is 0. The molecular weight excluding hydrogens is 322 g/mol. The minimum atomic E-state index is 0.701. The summed E-state index contributed by atoms with van der Waals surface area (Å²) in [5, 5.41) is 0.780. The topological polar surface area (TPSA) is 48.1 Å². The zero-order chi connectivity index (χ0) is 16.8. The Hall–Kier alpha value is -1.46. The number of benzene rings is 1. The van der Waals surface area contributed by atoms with E-state index in [2.05, 4.69) is 31.8 Å². The second-order valence-electron chi connectivity index (χ2n) is 6.59. The molecule has 24 heavy (non-hydrogen) atoms. The first-order valence-electron chi connectivity index (χ1n) is 9.00. The van der Waals surface area contributed by atoms with E-state index in [1.807, 2.05) is 12.1 Å². The van der Waals surface area contributed by atoms with Crippen molar-refractivity contribution in [2.24, 2.45) is 10.7 Å². The first kappa shape index (κ1) is 17.4. The lowest BCUT2D eigenvalue weighted by atomic mass is 10.2. The summed E-state index contributed by atoms with van der Waals surface area (Å²) in [4.78, 5) is 11.7. The number of guanidine groups is 1. The molecule has 2 aliphatic rings. The third kappa shape index (κ3) is 4.77. The molecule has 5 nitrogen and oxygen atoms in total. The Morgan fingerprint density at radius 3 is 2.33 bits per heavy atom. The van der Waals surface area contributed by atoms with Crippen molar-refractivity contribution < 1.29 is 0 Å². The molecule has 0 bridgehead atoms. The van der Waals surface area contributed by atoms with Crippen LogP contribution in [-0.4, -0.2) is 68.1 Å². The summed E-state index contributed by atoms with van der Waals surface area (Å²) in [6.07, 6.45) is 3.80. The van der Waals surface area contributed by atoms with Gasteiger partial charge >= 0.3 is 0 Å². The van der Waals surface area contributed by atoms with Crippen molar-refractivity contribution in [3.63, 3.8) is 0 Å². The monoisotopic (exact) mass is 349 g/mol. The zero-order valence-corrected chi connectivity index (χ0v) is 15.1. The highest BCUT2D eigenvalue weighted by Crippen LogP contribution is 2.19. The molecule has 0 aliphatic carbocycles. The van der Waals surface area contributed by atoms with Gasteiger partial charge in [0.2, 0.25) is 0 Å². The van der Waals surface area contributed by atoms with Crippen LogP contribution in [0.15, 0.2) is 29.3 Å². The lowest BCUT2D eigenvalue weighted by molar-refractivity contribution is 0.335. The lowest BCUT2D eigenvalue weighted by Gasteiger charge is -2.36. The van der Waals surface area contributed by atoms with Gasteiger partial charge in [0, 0.05) is 43.4 Å². The Morgan fingerprint density at radius 2 is 1.67 bits per heavy atom. The number of rotatable bonds is 5. The van der Waals surface area contributed by atoms with Crippen LogP contribution >= 0.6 is 11.6 Å². The molecule has 0 atom stereocenters. The zero-order valence-electron chi connectivity index (χ0n) is 14.3. The molecule has 0 saturated carbocycles. The van der Waals surface area contributed by atoms with E-state index in [0.717, 1.165) is 50.7 Å². The van der Waals surface area contributed by atoms with E-state index in [0.29, 0.717) is 5.96 Å². The SMILES string of the molecule is NC(=NCCCN1CCCC1)N1CCN(c2ccc(Cl)cc2)CC1. The molecule has 0 spiro atoms. The second-order valence-corrected chi connectivity index (χ2v) is 7.03. The number of halogens is 1. The molecule has 0 aromatic heterocycles. The fraction of sp³-hybridized carbons (Fsp3) is 0.611. The molecule has 2 fully saturated rings. The summed E-state index contributed by atoms with van der Waals surface area (Å²) in [5.41, 5.74) is 7.40. The van der Waals surface area contributed by atoms with Crippen molar-refractivity contribution in [3.8, 4) is 0 Å². The Balaban J connectivity index is 1.40. The van der Waals surface area contributed by atoms with Crippen molar-refractivity contribution in [1.29, 1.82) is 0 Å². The number of nitrogens with two attached hydrogens (primary N) is 1. The third-order valence-electron chi connectivity index (χ3n) is 4.90. The Bertz CT molecular complexity index is 531. The van der Waals surface area contributed by atoms with Crippen molar-refractivity contribution in [1.82, 2.24) is 9.80 Å². The van der Waals surface area contributed by atoms with Gasteiger partial charge in [-0.15, -0.1) is 0 Å². The van der Waals surface area contributed by atoms with E-state index in [9.17, 15) is 0 Å². The van der Waals surface area contributed by atoms with E-state index in [-0.39, 0.29) is 0 Å². The minimum Gasteiger partial charge on any atom is -0.370 e. The van der Waals surface area contributed by atoms with Crippen LogP contribution in [0.1, 0.15) is 19.3 Å².